The van der Waals surface area contributed by atoms with Gasteiger partial charge in [0, 0.05) is 0 Å². The van der Waals surface area contributed by atoms with Gasteiger partial charge in [0.25, 0.3) is 0 Å². The zero-order valence-electron chi connectivity index (χ0n) is 10.0. The third-order valence-electron chi connectivity index (χ3n) is 2.66. The molecule has 88 valence electrons. The van der Waals surface area contributed by atoms with Gasteiger partial charge in [0.1, 0.15) is 18.2 Å². The topological polar surface area (TPSA) is 9.23 Å². The van der Waals surface area contributed by atoms with Gasteiger partial charge in [0.2, 0.25) is 0 Å². The van der Waals surface area contributed by atoms with E-state index in [1.807, 2.05) is 19.1 Å². The van der Waals surface area contributed by atoms with E-state index in [4.69, 9.17) is 4.74 Å². The molecular weight excluding hydrogens is 215 g/mol. The van der Waals surface area contributed by atoms with Gasteiger partial charge in [-0.3, -0.25) is 0 Å². The summed E-state index contributed by atoms with van der Waals surface area (Å²) in [5.41, 5.74) is 2.94. The summed E-state index contributed by atoms with van der Waals surface area (Å²) in [6, 6.07) is 13.0. The number of ether oxygens (including phenoxy) is 1. The predicted molar refractivity (Wildman–Crippen MR) is 66.6 cm³/mol. The monoisotopic (exact) mass is 230 g/mol. The number of halogens is 1. The average molecular weight is 230 g/mol. The molecule has 0 spiro atoms. The quantitative estimate of drug-likeness (QED) is 0.773. The highest BCUT2D eigenvalue weighted by Gasteiger charge is 2.00. The first-order valence-electron chi connectivity index (χ1n) is 5.59. The van der Waals surface area contributed by atoms with Gasteiger partial charge in [0.05, 0.1) is 0 Å². The molecule has 0 N–H and O–H groups in total. The molecule has 0 fully saturated rings. The first-order valence-corrected chi connectivity index (χ1v) is 5.59. The van der Waals surface area contributed by atoms with Crippen LogP contribution in [0, 0.1) is 19.7 Å². The van der Waals surface area contributed by atoms with Crippen LogP contribution in [0.4, 0.5) is 4.39 Å². The molecule has 0 heterocycles. The molecule has 0 aliphatic carbocycles. The molecule has 17 heavy (non-hydrogen) atoms. The van der Waals surface area contributed by atoms with Crippen LogP contribution < -0.4 is 4.74 Å². The molecule has 0 saturated carbocycles. The van der Waals surface area contributed by atoms with Crippen LogP contribution >= 0.6 is 0 Å². The van der Waals surface area contributed by atoms with Crippen LogP contribution in [0.15, 0.2) is 42.5 Å². The minimum absolute atomic E-state index is 0.201. The third kappa shape index (κ3) is 3.06. The Kier molecular flexibility index (Phi) is 3.43. The average Bonchev–Trinajstić information content (AvgIpc) is 2.33. The van der Waals surface area contributed by atoms with Crippen molar-refractivity contribution in [3.8, 4) is 5.75 Å². The number of hydrogen-bond donors (Lipinski definition) is 0. The normalized spacial score (nSPS) is 10.3. The fourth-order valence-corrected chi connectivity index (χ4v) is 1.56. The van der Waals surface area contributed by atoms with Crippen molar-refractivity contribution in [2.45, 2.75) is 20.5 Å². The van der Waals surface area contributed by atoms with Gasteiger partial charge in [0.15, 0.2) is 0 Å². The van der Waals surface area contributed by atoms with E-state index >= 15 is 0 Å². The summed E-state index contributed by atoms with van der Waals surface area (Å²) in [6.07, 6.45) is 0. The van der Waals surface area contributed by atoms with Crippen LogP contribution in [-0.2, 0) is 6.61 Å². The van der Waals surface area contributed by atoms with Gasteiger partial charge in [-0.15, -0.1) is 0 Å². The minimum Gasteiger partial charge on any atom is -0.489 e. The molecule has 2 aromatic carbocycles. The Labute approximate surface area is 101 Å². The lowest BCUT2D eigenvalue weighted by atomic mass is 10.2. The molecule has 0 unspecified atom stereocenters. The Hall–Kier alpha value is -1.83. The molecule has 0 amide bonds. The van der Waals surface area contributed by atoms with E-state index < -0.39 is 0 Å². The summed E-state index contributed by atoms with van der Waals surface area (Å²) in [5.74, 6) is 0.497. The van der Waals surface area contributed by atoms with Crippen molar-refractivity contribution in [3.63, 3.8) is 0 Å². The molecule has 1 nitrogen and oxygen atoms in total. The second-order valence-corrected chi connectivity index (χ2v) is 4.19. The Morgan fingerprint density at radius 3 is 2.35 bits per heavy atom. The van der Waals surface area contributed by atoms with Crippen LogP contribution in [0.2, 0.25) is 0 Å². The van der Waals surface area contributed by atoms with Gasteiger partial charge >= 0.3 is 0 Å². The Morgan fingerprint density at radius 1 is 1.00 bits per heavy atom. The van der Waals surface area contributed by atoms with Crippen LogP contribution in [-0.4, -0.2) is 0 Å². The molecule has 0 saturated heterocycles. The van der Waals surface area contributed by atoms with Crippen LogP contribution in [0.5, 0.6) is 5.75 Å². The maximum Gasteiger partial charge on any atom is 0.126 e. The third-order valence-corrected chi connectivity index (χ3v) is 2.66. The van der Waals surface area contributed by atoms with Crippen molar-refractivity contribution in [2.24, 2.45) is 0 Å². The fourth-order valence-electron chi connectivity index (χ4n) is 1.56. The molecule has 2 heteroatoms. The Bertz CT molecular complexity index is 503. The van der Waals surface area contributed by atoms with Crippen molar-refractivity contribution in [1.82, 2.24) is 0 Å². The molecular formula is C15H15FO. The summed E-state index contributed by atoms with van der Waals surface area (Å²) in [4.78, 5) is 0. The van der Waals surface area contributed by atoms with Crippen LogP contribution in [0.1, 0.15) is 16.7 Å². The molecule has 0 radical (unpaired) electrons. The number of aryl methyl sites for hydroxylation is 2. The van der Waals surface area contributed by atoms with E-state index in [0.29, 0.717) is 17.9 Å². The van der Waals surface area contributed by atoms with Gasteiger partial charge < -0.3 is 4.74 Å². The van der Waals surface area contributed by atoms with E-state index in [9.17, 15) is 4.39 Å². The summed E-state index contributed by atoms with van der Waals surface area (Å²) in [5, 5.41) is 0. The molecule has 2 rings (SSSR count). The van der Waals surface area contributed by atoms with Gasteiger partial charge in [-0.1, -0.05) is 29.8 Å². The zero-order chi connectivity index (χ0) is 12.3. The van der Waals surface area contributed by atoms with E-state index in [0.717, 1.165) is 5.56 Å². The molecule has 0 atom stereocenters. The van der Waals surface area contributed by atoms with Crippen molar-refractivity contribution in [1.29, 1.82) is 0 Å². The zero-order valence-corrected chi connectivity index (χ0v) is 10.0. The predicted octanol–water partition coefficient (Wildman–Crippen LogP) is 4.02. The van der Waals surface area contributed by atoms with Crippen molar-refractivity contribution >= 4 is 0 Å². The first-order chi connectivity index (χ1) is 8.15. The molecule has 0 aliphatic heterocycles. The number of benzene rings is 2. The summed E-state index contributed by atoms with van der Waals surface area (Å²) in [6.45, 7) is 4.29. The van der Waals surface area contributed by atoms with Gasteiger partial charge in [-0.25, -0.2) is 4.39 Å². The number of hydrogen-bond acceptors (Lipinski definition) is 1. The smallest absolute Gasteiger partial charge is 0.126 e. The van der Waals surface area contributed by atoms with Crippen molar-refractivity contribution < 1.29 is 9.13 Å². The standard InChI is InChI=1S/C15H15FO/c1-11-3-5-13(6-4-11)10-17-14-7-8-15(16)12(2)9-14/h3-9H,10H2,1-2H3. The second kappa shape index (κ2) is 5.00. The van der Waals surface area contributed by atoms with E-state index in [2.05, 4.69) is 12.1 Å². The maximum absolute atomic E-state index is 13.1. The number of rotatable bonds is 3. The fraction of sp³-hybridized carbons (Fsp3) is 0.200. The summed E-state index contributed by atoms with van der Waals surface area (Å²) < 4.78 is 18.7. The first kappa shape index (κ1) is 11.6. The molecule has 0 aliphatic rings. The Morgan fingerprint density at radius 2 is 1.71 bits per heavy atom. The molecule has 2 aromatic rings. The maximum atomic E-state index is 13.1. The summed E-state index contributed by atoms with van der Waals surface area (Å²) >= 11 is 0. The van der Waals surface area contributed by atoms with Gasteiger partial charge in [-0.2, -0.15) is 0 Å². The van der Waals surface area contributed by atoms with E-state index in [1.165, 1.54) is 11.6 Å². The van der Waals surface area contributed by atoms with Gasteiger partial charge in [-0.05, 0) is 43.2 Å². The highest BCUT2D eigenvalue weighted by molar-refractivity contribution is 5.29. The van der Waals surface area contributed by atoms with E-state index in [1.54, 1.807) is 19.1 Å². The van der Waals surface area contributed by atoms with E-state index in [-0.39, 0.29) is 5.82 Å². The van der Waals surface area contributed by atoms with Crippen molar-refractivity contribution in [2.75, 3.05) is 0 Å². The molecule has 0 bridgehead atoms. The molecule has 0 aromatic heterocycles. The van der Waals surface area contributed by atoms with Crippen molar-refractivity contribution in [3.05, 3.63) is 65.0 Å². The lowest BCUT2D eigenvalue weighted by Gasteiger charge is -2.07. The van der Waals surface area contributed by atoms with Crippen LogP contribution in [0.3, 0.4) is 0 Å². The lowest BCUT2D eigenvalue weighted by molar-refractivity contribution is 0.305. The Balaban J connectivity index is 2.02. The lowest BCUT2D eigenvalue weighted by Crippen LogP contribution is -1.96. The highest BCUT2D eigenvalue weighted by atomic mass is 19.1. The minimum atomic E-state index is -0.201. The highest BCUT2D eigenvalue weighted by Crippen LogP contribution is 2.17. The second-order valence-electron chi connectivity index (χ2n) is 4.19. The largest absolute Gasteiger partial charge is 0.489 e. The SMILES string of the molecule is Cc1ccc(COc2ccc(F)c(C)c2)cc1. The summed E-state index contributed by atoms with van der Waals surface area (Å²) in [7, 11) is 0. The van der Waals surface area contributed by atoms with Crippen LogP contribution in [0.25, 0.3) is 0 Å².